The van der Waals surface area contributed by atoms with Gasteiger partial charge >= 0.3 is 6.18 Å². The first-order valence-electron chi connectivity index (χ1n) is 5.49. The van der Waals surface area contributed by atoms with Gasteiger partial charge in [0.1, 0.15) is 6.17 Å². The molecule has 0 aliphatic carbocycles. The van der Waals surface area contributed by atoms with Gasteiger partial charge in [0.15, 0.2) is 0 Å². The maximum absolute atomic E-state index is 12.7. The van der Waals surface area contributed by atoms with Crippen LogP contribution in [-0.4, -0.2) is 27.7 Å². The van der Waals surface area contributed by atoms with E-state index in [4.69, 9.17) is 17.4 Å². The van der Waals surface area contributed by atoms with Crippen molar-refractivity contribution in [2.24, 2.45) is 11.8 Å². The van der Waals surface area contributed by atoms with Crippen LogP contribution in [0.1, 0.15) is 12.6 Å². The van der Waals surface area contributed by atoms with Crippen molar-refractivity contribution >= 4 is 11.6 Å². The minimum atomic E-state index is -4.26. The molecule has 1 aromatic heterocycles. The lowest BCUT2D eigenvalue weighted by Gasteiger charge is -2.42. The van der Waals surface area contributed by atoms with Gasteiger partial charge in [-0.2, -0.15) is 18.7 Å². The van der Waals surface area contributed by atoms with Crippen molar-refractivity contribution in [2.75, 3.05) is 6.54 Å². The predicted octanol–water partition coefficient (Wildman–Crippen LogP) is 1.86. The number of hydrazine groups is 2. The van der Waals surface area contributed by atoms with Gasteiger partial charge in [0.05, 0.1) is 11.3 Å². The zero-order valence-corrected chi connectivity index (χ0v) is 10.2. The summed E-state index contributed by atoms with van der Waals surface area (Å²) in [4.78, 5) is 0. The van der Waals surface area contributed by atoms with E-state index in [2.05, 4.69) is 5.53 Å². The zero-order valence-electron chi connectivity index (χ0n) is 9.44. The highest BCUT2D eigenvalue weighted by molar-refractivity contribution is 6.21. The van der Waals surface area contributed by atoms with Crippen molar-refractivity contribution in [3.05, 3.63) is 24.5 Å². The lowest BCUT2D eigenvalue weighted by Crippen LogP contribution is -2.57. The number of nitrogens with one attached hydrogen (secondary N) is 1. The highest BCUT2D eigenvalue weighted by atomic mass is 35.5. The summed E-state index contributed by atoms with van der Waals surface area (Å²) < 4.78 is 39.9. The van der Waals surface area contributed by atoms with Crippen molar-refractivity contribution in [3.8, 4) is 0 Å². The van der Waals surface area contributed by atoms with E-state index in [0.717, 1.165) is 0 Å². The number of rotatable bonds is 2. The number of nitrogens with two attached hydrogens (primary N) is 1. The van der Waals surface area contributed by atoms with Crippen molar-refractivity contribution < 1.29 is 13.2 Å². The Bertz CT molecular complexity index is 381. The van der Waals surface area contributed by atoms with Gasteiger partial charge in [0.2, 0.25) is 0 Å². The van der Waals surface area contributed by atoms with Gasteiger partial charge in [-0.25, -0.2) is 5.01 Å². The van der Waals surface area contributed by atoms with E-state index in [9.17, 15) is 13.2 Å². The van der Waals surface area contributed by atoms with Crippen LogP contribution in [0.2, 0.25) is 0 Å². The molecule has 2 heterocycles. The van der Waals surface area contributed by atoms with Crippen LogP contribution in [-0.2, 0) is 0 Å². The molecule has 1 fully saturated rings. The van der Waals surface area contributed by atoms with Crippen LogP contribution in [0.5, 0.6) is 0 Å². The number of hydrogen-bond donors (Lipinski definition) is 2. The van der Waals surface area contributed by atoms with Crippen molar-refractivity contribution in [3.63, 3.8) is 0 Å². The summed E-state index contributed by atoms with van der Waals surface area (Å²) in [6.07, 6.45) is -1.31. The first-order valence-corrected chi connectivity index (χ1v) is 5.93. The van der Waals surface area contributed by atoms with Crippen LogP contribution < -0.4 is 11.4 Å². The molecule has 3 N–H and O–H groups in total. The van der Waals surface area contributed by atoms with Crippen LogP contribution >= 0.6 is 11.6 Å². The van der Waals surface area contributed by atoms with Crippen LogP contribution in [0.4, 0.5) is 13.2 Å². The van der Waals surface area contributed by atoms with Gasteiger partial charge in [0.25, 0.3) is 0 Å². The molecule has 18 heavy (non-hydrogen) atoms. The second kappa shape index (κ2) is 5.08. The standard InChI is InChI=1S/C10H14ClF3N4/c11-8-5-7(10(12,13)14)6-18(16-15)9(8)17-3-1-2-4-17/h1-4,7-9,16H,5-6,15H2. The molecule has 3 unspecified atom stereocenters. The summed E-state index contributed by atoms with van der Waals surface area (Å²) in [7, 11) is 0. The molecule has 1 aromatic rings. The highest BCUT2D eigenvalue weighted by Crippen LogP contribution is 2.39. The Labute approximate surface area is 107 Å². The van der Waals surface area contributed by atoms with Crippen LogP contribution in [0, 0.1) is 5.92 Å². The molecule has 8 heteroatoms. The summed E-state index contributed by atoms with van der Waals surface area (Å²) in [6, 6.07) is 3.57. The minimum Gasteiger partial charge on any atom is -0.336 e. The lowest BCUT2D eigenvalue weighted by atomic mass is 9.96. The second-order valence-electron chi connectivity index (χ2n) is 4.32. The molecule has 1 aliphatic heterocycles. The summed E-state index contributed by atoms with van der Waals surface area (Å²) >= 11 is 6.09. The van der Waals surface area contributed by atoms with Gasteiger partial charge < -0.3 is 4.57 Å². The van der Waals surface area contributed by atoms with E-state index in [0.29, 0.717) is 0 Å². The van der Waals surface area contributed by atoms with E-state index >= 15 is 0 Å². The Morgan fingerprint density at radius 1 is 1.28 bits per heavy atom. The lowest BCUT2D eigenvalue weighted by molar-refractivity contribution is -0.197. The maximum atomic E-state index is 12.7. The third-order valence-electron chi connectivity index (χ3n) is 3.13. The maximum Gasteiger partial charge on any atom is 0.393 e. The molecular weight excluding hydrogens is 269 g/mol. The SMILES string of the molecule is NNN1CC(C(F)(F)F)CC(Cl)C1n1cccc1. The third-order valence-corrected chi connectivity index (χ3v) is 3.53. The molecule has 3 atom stereocenters. The second-order valence-corrected chi connectivity index (χ2v) is 4.88. The monoisotopic (exact) mass is 282 g/mol. The Hall–Kier alpha value is -0.760. The van der Waals surface area contributed by atoms with Gasteiger partial charge in [-0.1, -0.05) is 0 Å². The molecule has 4 nitrogen and oxygen atoms in total. The molecule has 1 aliphatic rings. The first-order chi connectivity index (χ1) is 8.43. The van der Waals surface area contributed by atoms with Gasteiger partial charge in [-0.05, 0) is 18.6 Å². The van der Waals surface area contributed by atoms with E-state index < -0.39 is 23.6 Å². The number of aromatic nitrogens is 1. The van der Waals surface area contributed by atoms with Crippen molar-refractivity contribution in [1.29, 1.82) is 0 Å². The number of piperidine rings is 1. The summed E-state index contributed by atoms with van der Waals surface area (Å²) in [6.45, 7) is -0.216. The molecule has 0 radical (unpaired) electrons. The average Bonchev–Trinajstić information content (AvgIpc) is 2.79. The number of alkyl halides is 4. The molecule has 1 saturated heterocycles. The third kappa shape index (κ3) is 2.64. The van der Waals surface area contributed by atoms with Crippen LogP contribution in [0.3, 0.4) is 0 Å². The average molecular weight is 283 g/mol. The Morgan fingerprint density at radius 2 is 1.89 bits per heavy atom. The van der Waals surface area contributed by atoms with E-state index in [1.165, 1.54) is 5.01 Å². The van der Waals surface area contributed by atoms with E-state index in [-0.39, 0.29) is 13.0 Å². The molecule has 0 saturated carbocycles. The van der Waals surface area contributed by atoms with Crippen molar-refractivity contribution in [2.45, 2.75) is 24.1 Å². The summed E-state index contributed by atoms with van der Waals surface area (Å²) in [5, 5.41) is 0.646. The fourth-order valence-electron chi connectivity index (χ4n) is 2.25. The molecular formula is C10H14ClF3N4. The Kier molecular flexibility index (Phi) is 3.86. The quantitative estimate of drug-likeness (QED) is 0.494. The Morgan fingerprint density at radius 3 is 2.39 bits per heavy atom. The topological polar surface area (TPSA) is 46.2 Å². The highest BCUT2D eigenvalue weighted by Gasteiger charge is 2.47. The fourth-order valence-corrected chi connectivity index (χ4v) is 2.73. The van der Waals surface area contributed by atoms with Gasteiger partial charge in [-0.3, -0.25) is 5.84 Å². The molecule has 102 valence electrons. The smallest absolute Gasteiger partial charge is 0.336 e. The summed E-state index contributed by atoms with van der Waals surface area (Å²) in [5.41, 5.74) is 2.30. The normalized spacial score (nSPS) is 30.6. The molecule has 0 aromatic carbocycles. The minimum absolute atomic E-state index is 0.119. The molecule has 0 bridgehead atoms. The van der Waals surface area contributed by atoms with Gasteiger partial charge in [0, 0.05) is 18.9 Å². The fraction of sp³-hybridized carbons (Fsp3) is 0.600. The van der Waals surface area contributed by atoms with E-state index in [1.54, 1.807) is 29.1 Å². The first kappa shape index (κ1) is 13.7. The largest absolute Gasteiger partial charge is 0.393 e. The van der Waals surface area contributed by atoms with Crippen LogP contribution in [0.15, 0.2) is 24.5 Å². The van der Waals surface area contributed by atoms with Crippen molar-refractivity contribution in [1.82, 2.24) is 15.1 Å². The van der Waals surface area contributed by atoms with Gasteiger partial charge in [-0.15, -0.1) is 11.6 Å². The van der Waals surface area contributed by atoms with E-state index in [1.807, 2.05) is 0 Å². The number of nitrogens with zero attached hydrogens (tertiary/aromatic N) is 2. The molecule has 0 amide bonds. The van der Waals surface area contributed by atoms with Crippen LogP contribution in [0.25, 0.3) is 0 Å². The molecule has 0 spiro atoms. The number of halogens is 4. The summed E-state index contributed by atoms with van der Waals surface area (Å²) in [5.74, 6) is 3.83. The number of hydrogen-bond acceptors (Lipinski definition) is 3. The zero-order chi connectivity index (χ0) is 13.3. The molecule has 2 rings (SSSR count). The predicted molar refractivity (Wildman–Crippen MR) is 61.3 cm³/mol. The Balaban J connectivity index is 2.19.